The lowest BCUT2D eigenvalue weighted by molar-refractivity contribution is -0.118. The number of carbonyl (C=O) groups excluding carboxylic acids is 1. The largest absolute Gasteiger partial charge is 0.371 e. The van der Waals surface area contributed by atoms with Gasteiger partial charge in [-0.05, 0) is 75.2 Å². The number of halogens is 3. The van der Waals surface area contributed by atoms with Crippen molar-refractivity contribution in [3.05, 3.63) is 81.7 Å². The average Bonchev–Trinajstić information content (AvgIpc) is 2.96. The van der Waals surface area contributed by atoms with E-state index in [1.807, 2.05) is 13.1 Å². The molecule has 3 aliphatic heterocycles. The van der Waals surface area contributed by atoms with Gasteiger partial charge in [-0.25, -0.2) is 4.39 Å². The van der Waals surface area contributed by atoms with Crippen molar-refractivity contribution in [3.63, 3.8) is 0 Å². The number of hydrogen-bond acceptors (Lipinski definition) is 5. The van der Waals surface area contributed by atoms with Crippen molar-refractivity contribution in [2.75, 3.05) is 39.3 Å². The number of hydrogen-bond donors (Lipinski definition) is 2. The molecular formula is C31H40BrClFN5O. The highest BCUT2D eigenvalue weighted by atomic mass is 79.9. The van der Waals surface area contributed by atoms with E-state index in [0.29, 0.717) is 24.6 Å². The fourth-order valence-electron chi connectivity index (χ4n) is 6.25. The number of benzene rings is 2. The molecule has 5 rings (SSSR count). The standard InChI is InChI=1S/C31H40BrClFN5O/c1-30(33)19-25(29(40)35-20-23-5-9-27(34)10-6-23)21-36-31(30,2)39-17-15-38(16-18-39)28-11-13-37(14-12-28)22-24-3-7-26(32)8-4-24/h3-10,21,28,36H,11-20,22H2,1-2H3,(H,35,40). The van der Waals surface area contributed by atoms with Gasteiger partial charge in [-0.1, -0.05) is 40.2 Å². The van der Waals surface area contributed by atoms with Crippen molar-refractivity contribution < 1.29 is 9.18 Å². The molecule has 0 bridgehead atoms. The zero-order valence-electron chi connectivity index (χ0n) is 23.4. The first-order valence-electron chi connectivity index (χ1n) is 14.3. The van der Waals surface area contributed by atoms with E-state index in [1.165, 1.54) is 30.5 Å². The van der Waals surface area contributed by atoms with Crippen molar-refractivity contribution in [2.24, 2.45) is 0 Å². The number of carbonyl (C=O) groups is 1. The second-order valence-electron chi connectivity index (χ2n) is 11.7. The van der Waals surface area contributed by atoms with Crippen molar-refractivity contribution in [1.29, 1.82) is 0 Å². The Kier molecular flexibility index (Phi) is 9.22. The smallest absolute Gasteiger partial charge is 0.248 e. The van der Waals surface area contributed by atoms with Gasteiger partial charge in [0.05, 0.1) is 4.87 Å². The lowest BCUT2D eigenvalue weighted by Crippen LogP contribution is -2.71. The summed E-state index contributed by atoms with van der Waals surface area (Å²) in [7, 11) is 0. The summed E-state index contributed by atoms with van der Waals surface area (Å²) < 4.78 is 14.3. The van der Waals surface area contributed by atoms with Gasteiger partial charge in [-0.15, -0.1) is 11.6 Å². The molecule has 2 aromatic carbocycles. The maximum absolute atomic E-state index is 13.2. The molecule has 2 aromatic rings. The lowest BCUT2D eigenvalue weighted by atomic mass is 9.83. The molecule has 2 saturated heterocycles. The summed E-state index contributed by atoms with van der Waals surface area (Å²) in [4.78, 5) is 19.9. The number of piperidine rings is 1. The Labute approximate surface area is 251 Å². The number of nitrogens with zero attached hydrogens (tertiary/aromatic N) is 3. The first kappa shape index (κ1) is 29.5. The van der Waals surface area contributed by atoms with Crippen LogP contribution in [-0.4, -0.2) is 76.5 Å². The van der Waals surface area contributed by atoms with Crippen LogP contribution in [0.1, 0.15) is 44.2 Å². The quantitative estimate of drug-likeness (QED) is 0.418. The molecule has 0 spiro atoms. The number of amides is 1. The fourth-order valence-corrected chi connectivity index (χ4v) is 6.83. The van der Waals surface area contributed by atoms with Crippen LogP contribution in [0.2, 0.25) is 0 Å². The molecule has 2 N–H and O–H groups in total. The normalized spacial score (nSPS) is 27.2. The molecule has 9 heteroatoms. The Balaban J connectivity index is 1.10. The van der Waals surface area contributed by atoms with Crippen LogP contribution >= 0.6 is 27.5 Å². The second kappa shape index (κ2) is 12.5. The van der Waals surface area contributed by atoms with Gasteiger partial charge in [0.15, 0.2) is 0 Å². The van der Waals surface area contributed by atoms with Crippen LogP contribution in [0.25, 0.3) is 0 Å². The summed E-state index contributed by atoms with van der Waals surface area (Å²) in [5, 5.41) is 6.45. The van der Waals surface area contributed by atoms with Gasteiger partial charge in [-0.2, -0.15) is 0 Å². The van der Waals surface area contributed by atoms with E-state index < -0.39 is 10.5 Å². The summed E-state index contributed by atoms with van der Waals surface area (Å²) in [5.41, 5.74) is 2.39. The highest BCUT2D eigenvalue weighted by molar-refractivity contribution is 9.10. The van der Waals surface area contributed by atoms with Crippen LogP contribution in [0.3, 0.4) is 0 Å². The molecule has 2 unspecified atom stereocenters. The van der Waals surface area contributed by atoms with E-state index in [-0.39, 0.29) is 11.7 Å². The molecule has 2 fully saturated rings. The van der Waals surface area contributed by atoms with Gasteiger partial charge in [0.1, 0.15) is 11.5 Å². The fraction of sp³-hybridized carbons (Fsp3) is 0.516. The molecule has 0 radical (unpaired) electrons. The molecular weight excluding hydrogens is 593 g/mol. The average molecular weight is 633 g/mol. The van der Waals surface area contributed by atoms with E-state index in [1.54, 1.807) is 12.1 Å². The predicted octanol–water partition coefficient (Wildman–Crippen LogP) is 5.08. The minimum atomic E-state index is -0.662. The van der Waals surface area contributed by atoms with Crippen molar-refractivity contribution in [2.45, 2.75) is 62.8 Å². The Hall–Kier alpha value is -1.97. The van der Waals surface area contributed by atoms with Crippen LogP contribution in [0.15, 0.2) is 64.8 Å². The molecule has 0 aliphatic carbocycles. The third-order valence-corrected chi connectivity index (χ3v) is 10.1. The maximum atomic E-state index is 13.2. The van der Waals surface area contributed by atoms with Crippen molar-refractivity contribution in [1.82, 2.24) is 25.3 Å². The van der Waals surface area contributed by atoms with Gasteiger partial charge in [0.2, 0.25) is 5.91 Å². The molecule has 6 nitrogen and oxygen atoms in total. The summed E-state index contributed by atoms with van der Waals surface area (Å²) in [6.07, 6.45) is 4.71. The first-order valence-corrected chi connectivity index (χ1v) is 15.4. The third-order valence-electron chi connectivity index (χ3n) is 9.06. The number of rotatable bonds is 7. The SMILES string of the molecule is CC1(Cl)CC(C(=O)NCc2ccc(F)cc2)=CNC1(C)N1CCN(C2CCN(Cc3ccc(Br)cc3)CC2)CC1. The molecule has 3 heterocycles. The lowest BCUT2D eigenvalue weighted by Gasteiger charge is -2.55. The van der Waals surface area contributed by atoms with E-state index in [4.69, 9.17) is 11.6 Å². The van der Waals surface area contributed by atoms with Crippen molar-refractivity contribution >= 4 is 33.4 Å². The molecule has 2 atom stereocenters. The summed E-state index contributed by atoms with van der Waals surface area (Å²) in [5.74, 6) is -0.438. The van der Waals surface area contributed by atoms with E-state index in [0.717, 1.165) is 55.8 Å². The van der Waals surface area contributed by atoms with E-state index in [9.17, 15) is 9.18 Å². The Morgan fingerprint density at radius 2 is 1.62 bits per heavy atom. The van der Waals surface area contributed by atoms with Crippen LogP contribution in [0.5, 0.6) is 0 Å². The van der Waals surface area contributed by atoms with Crippen LogP contribution < -0.4 is 10.6 Å². The number of piperazine rings is 1. The zero-order valence-corrected chi connectivity index (χ0v) is 25.8. The van der Waals surface area contributed by atoms with E-state index >= 15 is 0 Å². The van der Waals surface area contributed by atoms with Gasteiger partial charge in [-0.3, -0.25) is 19.5 Å². The maximum Gasteiger partial charge on any atom is 0.248 e. The highest BCUT2D eigenvalue weighted by Crippen LogP contribution is 2.41. The minimum absolute atomic E-state index is 0.151. The monoisotopic (exact) mass is 631 g/mol. The molecule has 3 aliphatic rings. The van der Waals surface area contributed by atoms with Gasteiger partial charge in [0.25, 0.3) is 0 Å². The second-order valence-corrected chi connectivity index (χ2v) is 13.5. The summed E-state index contributed by atoms with van der Waals surface area (Å²) >= 11 is 10.7. The third kappa shape index (κ3) is 6.73. The number of likely N-dealkylation sites (tertiary alicyclic amines) is 1. The summed E-state index contributed by atoms with van der Waals surface area (Å²) in [6, 6.07) is 15.5. The summed E-state index contributed by atoms with van der Waals surface area (Å²) in [6.45, 7) is 11.7. The zero-order chi connectivity index (χ0) is 28.3. The molecule has 1 amide bonds. The number of nitrogens with one attached hydrogen (secondary N) is 2. The number of alkyl halides is 1. The molecule has 0 aromatic heterocycles. The molecule has 40 heavy (non-hydrogen) atoms. The van der Waals surface area contributed by atoms with E-state index in [2.05, 4.69) is 72.5 Å². The first-order chi connectivity index (χ1) is 19.1. The highest BCUT2D eigenvalue weighted by Gasteiger charge is 2.51. The Morgan fingerprint density at radius 1 is 1.00 bits per heavy atom. The molecule has 0 saturated carbocycles. The Bertz CT molecular complexity index is 1190. The van der Waals surface area contributed by atoms with Gasteiger partial charge < -0.3 is 10.6 Å². The van der Waals surface area contributed by atoms with Gasteiger partial charge in [0, 0.05) is 68.0 Å². The topological polar surface area (TPSA) is 50.9 Å². The van der Waals surface area contributed by atoms with Crippen LogP contribution in [0, 0.1) is 5.82 Å². The van der Waals surface area contributed by atoms with Crippen LogP contribution in [0.4, 0.5) is 4.39 Å². The van der Waals surface area contributed by atoms with Crippen molar-refractivity contribution in [3.8, 4) is 0 Å². The minimum Gasteiger partial charge on any atom is -0.371 e. The Morgan fingerprint density at radius 3 is 2.25 bits per heavy atom. The predicted molar refractivity (Wildman–Crippen MR) is 162 cm³/mol. The molecule has 216 valence electrons. The van der Waals surface area contributed by atoms with Crippen LogP contribution in [-0.2, 0) is 17.9 Å². The van der Waals surface area contributed by atoms with Gasteiger partial charge >= 0.3 is 0 Å².